The maximum Gasteiger partial charge on any atom is 0.148 e. The van der Waals surface area contributed by atoms with Crippen LogP contribution in [0.25, 0.3) is 0 Å². The zero-order valence-electron chi connectivity index (χ0n) is 11.1. The smallest absolute Gasteiger partial charge is 0.148 e. The van der Waals surface area contributed by atoms with Crippen molar-refractivity contribution < 1.29 is 4.74 Å². The van der Waals surface area contributed by atoms with Crippen molar-refractivity contribution in [3.05, 3.63) is 6.61 Å². The van der Waals surface area contributed by atoms with E-state index in [1.54, 1.807) is 6.61 Å². The van der Waals surface area contributed by atoms with Gasteiger partial charge >= 0.3 is 0 Å². The summed E-state index contributed by atoms with van der Waals surface area (Å²) in [5.41, 5.74) is 0. The van der Waals surface area contributed by atoms with Crippen molar-refractivity contribution >= 4 is 0 Å². The van der Waals surface area contributed by atoms with E-state index in [1.807, 2.05) is 0 Å². The van der Waals surface area contributed by atoms with E-state index in [1.165, 1.54) is 44.9 Å². The molecule has 0 N–H and O–H groups in total. The largest absolute Gasteiger partial charge is 0.439 e. The second-order valence-corrected chi connectivity index (χ2v) is 4.22. The summed E-state index contributed by atoms with van der Waals surface area (Å²) in [7, 11) is 0. The zero-order valence-corrected chi connectivity index (χ0v) is 11.1. The van der Waals surface area contributed by atoms with Crippen molar-refractivity contribution in [2.24, 2.45) is 0 Å². The number of hydrogen-bond donors (Lipinski definition) is 0. The van der Waals surface area contributed by atoms with Crippen LogP contribution in [0.2, 0.25) is 0 Å². The van der Waals surface area contributed by atoms with Crippen LogP contribution in [0.15, 0.2) is 0 Å². The molecule has 0 saturated heterocycles. The topological polar surface area (TPSA) is 9.23 Å². The van der Waals surface area contributed by atoms with Crippen LogP contribution < -0.4 is 0 Å². The zero-order chi connectivity index (χ0) is 11.9. The molecular formula is C15H27O. The first-order valence-electron chi connectivity index (χ1n) is 6.87. The van der Waals surface area contributed by atoms with Gasteiger partial charge in [-0.3, -0.25) is 0 Å². The standard InChI is InChI=1S/C15H27O/c1-3-5-7-8-9-10-11-12-13-15-16-14-6-4-2/h14H,3-12H2,1-2H3. The molecule has 0 amide bonds. The van der Waals surface area contributed by atoms with E-state index >= 15 is 0 Å². The van der Waals surface area contributed by atoms with Gasteiger partial charge in [0.15, 0.2) is 0 Å². The Balaban J connectivity index is 3.02. The summed E-state index contributed by atoms with van der Waals surface area (Å²) in [6, 6.07) is 0. The molecule has 0 bridgehead atoms. The maximum absolute atomic E-state index is 5.05. The van der Waals surface area contributed by atoms with Gasteiger partial charge in [0.2, 0.25) is 0 Å². The lowest BCUT2D eigenvalue weighted by Crippen LogP contribution is -1.80. The average molecular weight is 223 g/mol. The Morgan fingerprint density at radius 1 is 0.875 bits per heavy atom. The van der Waals surface area contributed by atoms with Crippen molar-refractivity contribution in [3.63, 3.8) is 0 Å². The molecule has 93 valence electrons. The number of unbranched alkanes of at least 4 members (excludes halogenated alkanes) is 8. The van der Waals surface area contributed by atoms with Crippen LogP contribution in [0.1, 0.15) is 78.1 Å². The monoisotopic (exact) mass is 223 g/mol. The Hall–Kier alpha value is -0.640. The first-order chi connectivity index (χ1) is 7.91. The molecule has 0 unspecified atom stereocenters. The molecule has 1 radical (unpaired) electrons. The summed E-state index contributed by atoms with van der Waals surface area (Å²) in [6.45, 7) is 6.18. The fraction of sp³-hybridized carbons (Fsp3) is 0.800. The lowest BCUT2D eigenvalue weighted by molar-refractivity contribution is 0.350. The Morgan fingerprint density at radius 2 is 1.56 bits per heavy atom. The molecular weight excluding hydrogens is 196 g/mol. The van der Waals surface area contributed by atoms with Crippen LogP contribution in [0, 0.1) is 18.6 Å². The van der Waals surface area contributed by atoms with Crippen molar-refractivity contribution in [1.29, 1.82) is 0 Å². The predicted molar refractivity (Wildman–Crippen MR) is 70.7 cm³/mol. The van der Waals surface area contributed by atoms with Crippen molar-refractivity contribution in [2.45, 2.75) is 78.1 Å². The van der Waals surface area contributed by atoms with Gasteiger partial charge in [0, 0.05) is 6.42 Å². The van der Waals surface area contributed by atoms with Crippen molar-refractivity contribution in [3.8, 4) is 12.0 Å². The lowest BCUT2D eigenvalue weighted by atomic mass is 10.1. The molecule has 0 heterocycles. The highest BCUT2D eigenvalue weighted by Gasteiger charge is 1.89. The Bertz CT molecular complexity index is 176. The van der Waals surface area contributed by atoms with E-state index in [0.717, 1.165) is 19.3 Å². The van der Waals surface area contributed by atoms with Gasteiger partial charge in [0.05, 0.1) is 0 Å². The van der Waals surface area contributed by atoms with E-state index in [4.69, 9.17) is 4.74 Å². The lowest BCUT2D eigenvalue weighted by Gasteiger charge is -1.97. The number of rotatable bonds is 10. The molecule has 0 saturated carbocycles. The quantitative estimate of drug-likeness (QED) is 0.371. The molecule has 0 atom stereocenters. The molecule has 16 heavy (non-hydrogen) atoms. The Labute approximate surface area is 102 Å². The molecule has 0 aromatic rings. The Kier molecular flexibility index (Phi) is 13.8. The third-order valence-corrected chi connectivity index (χ3v) is 2.53. The minimum atomic E-state index is 0.980. The fourth-order valence-corrected chi connectivity index (χ4v) is 1.48. The van der Waals surface area contributed by atoms with Gasteiger partial charge in [-0.15, -0.1) is 0 Å². The first-order valence-corrected chi connectivity index (χ1v) is 6.87. The second-order valence-electron chi connectivity index (χ2n) is 4.22. The minimum Gasteiger partial charge on any atom is -0.439 e. The summed E-state index contributed by atoms with van der Waals surface area (Å²) >= 11 is 0. The van der Waals surface area contributed by atoms with Crippen LogP contribution in [-0.2, 0) is 4.74 Å². The van der Waals surface area contributed by atoms with Crippen LogP contribution in [0.4, 0.5) is 0 Å². The summed E-state index contributed by atoms with van der Waals surface area (Å²) < 4.78 is 5.05. The molecule has 0 aliphatic carbocycles. The van der Waals surface area contributed by atoms with Gasteiger partial charge in [-0.25, -0.2) is 0 Å². The van der Waals surface area contributed by atoms with Crippen molar-refractivity contribution in [2.75, 3.05) is 0 Å². The molecule has 0 aliphatic heterocycles. The molecule has 0 aliphatic rings. The van der Waals surface area contributed by atoms with Crippen LogP contribution in [0.3, 0.4) is 0 Å². The molecule has 1 nitrogen and oxygen atoms in total. The number of ether oxygens (including phenoxy) is 1. The van der Waals surface area contributed by atoms with Gasteiger partial charge in [-0.05, 0) is 12.8 Å². The average Bonchev–Trinajstić information content (AvgIpc) is 2.31. The molecule has 0 spiro atoms. The van der Waals surface area contributed by atoms with Crippen molar-refractivity contribution in [1.82, 2.24) is 0 Å². The van der Waals surface area contributed by atoms with E-state index < -0.39 is 0 Å². The molecule has 1 heteroatoms. The van der Waals surface area contributed by atoms with Gasteiger partial charge < -0.3 is 4.74 Å². The molecule has 0 aromatic carbocycles. The third kappa shape index (κ3) is 13.4. The van der Waals surface area contributed by atoms with E-state index in [0.29, 0.717) is 0 Å². The molecule has 0 rings (SSSR count). The summed E-state index contributed by atoms with van der Waals surface area (Å²) in [5.74, 6) is 3.04. The van der Waals surface area contributed by atoms with Gasteiger partial charge in [0.25, 0.3) is 0 Å². The normalized spacial score (nSPS) is 9.62. The highest BCUT2D eigenvalue weighted by molar-refractivity contribution is 4.91. The van der Waals surface area contributed by atoms with Crippen LogP contribution in [-0.4, -0.2) is 0 Å². The summed E-state index contributed by atoms with van der Waals surface area (Å²) in [6.07, 6.45) is 15.2. The third-order valence-electron chi connectivity index (χ3n) is 2.53. The minimum absolute atomic E-state index is 0.980. The van der Waals surface area contributed by atoms with Gasteiger partial charge in [-0.2, -0.15) is 0 Å². The number of hydrogen-bond acceptors (Lipinski definition) is 1. The maximum atomic E-state index is 5.05. The summed E-state index contributed by atoms with van der Waals surface area (Å²) in [4.78, 5) is 0. The summed E-state index contributed by atoms with van der Waals surface area (Å²) in [5, 5.41) is 0. The SMILES string of the molecule is CCC[CH]OC#CCCCCCCCCC. The van der Waals surface area contributed by atoms with E-state index in [2.05, 4.69) is 25.9 Å². The predicted octanol–water partition coefficient (Wildman–Crippen LogP) is 5.07. The first kappa shape index (κ1) is 15.4. The van der Waals surface area contributed by atoms with Gasteiger partial charge in [0.1, 0.15) is 12.7 Å². The Morgan fingerprint density at radius 3 is 2.25 bits per heavy atom. The van der Waals surface area contributed by atoms with E-state index in [-0.39, 0.29) is 0 Å². The second kappa shape index (κ2) is 14.4. The highest BCUT2D eigenvalue weighted by atomic mass is 16.5. The molecule has 0 fully saturated rings. The molecule has 0 aromatic heterocycles. The highest BCUT2D eigenvalue weighted by Crippen LogP contribution is 2.07. The van der Waals surface area contributed by atoms with E-state index in [9.17, 15) is 0 Å². The van der Waals surface area contributed by atoms with Gasteiger partial charge in [-0.1, -0.05) is 64.7 Å². The van der Waals surface area contributed by atoms with Crippen LogP contribution >= 0.6 is 0 Å². The fourth-order valence-electron chi connectivity index (χ4n) is 1.48. The van der Waals surface area contributed by atoms with Crippen LogP contribution in [0.5, 0.6) is 0 Å².